The summed E-state index contributed by atoms with van der Waals surface area (Å²) < 4.78 is 40.3. The molecule has 1 heterocycles. The maximum Gasteiger partial charge on any atom is 0.573 e. The molecule has 1 atom stereocenters. The van der Waals surface area contributed by atoms with Gasteiger partial charge >= 0.3 is 6.36 Å². The van der Waals surface area contributed by atoms with Crippen LogP contribution in [0.25, 0.3) is 0 Å². The second-order valence-electron chi connectivity index (χ2n) is 3.53. The molecule has 0 radical (unpaired) electrons. The third-order valence-corrected chi connectivity index (χ3v) is 3.76. The second kappa shape index (κ2) is 5.48. The molecular weight excluding hydrogens is 347 g/mol. The molecule has 2 rings (SSSR count). The summed E-state index contributed by atoms with van der Waals surface area (Å²) >= 11 is 4.41. The monoisotopic (exact) mass is 353 g/mol. The number of alkyl halides is 3. The maximum absolute atomic E-state index is 12.0. The number of nitrogens with zero attached hydrogens (tertiary/aromatic N) is 1. The average Bonchev–Trinajstić information content (AvgIpc) is 2.74. The van der Waals surface area contributed by atoms with E-state index < -0.39 is 12.5 Å². The molecule has 0 saturated carbocycles. The highest BCUT2D eigenvalue weighted by molar-refractivity contribution is 9.10. The molecule has 2 aromatic rings. The predicted molar refractivity (Wildman–Crippen MR) is 67.0 cm³/mol. The molecule has 1 unspecified atom stereocenters. The van der Waals surface area contributed by atoms with Crippen LogP contribution in [0.15, 0.2) is 34.2 Å². The van der Waals surface area contributed by atoms with E-state index in [4.69, 9.17) is 0 Å². The average molecular weight is 354 g/mol. The summed E-state index contributed by atoms with van der Waals surface area (Å²) in [7, 11) is 0. The Morgan fingerprint density at radius 1 is 1.26 bits per heavy atom. The Bertz CT molecular complexity index is 556. The molecule has 0 aliphatic heterocycles. The van der Waals surface area contributed by atoms with Gasteiger partial charge in [0.05, 0.1) is 0 Å². The fourth-order valence-corrected chi connectivity index (χ4v) is 2.66. The first kappa shape index (κ1) is 14.3. The highest BCUT2D eigenvalue weighted by Crippen LogP contribution is 2.29. The van der Waals surface area contributed by atoms with Crippen LogP contribution in [0, 0.1) is 0 Å². The highest BCUT2D eigenvalue weighted by atomic mass is 79.9. The molecule has 0 aliphatic carbocycles. The Hall–Kier alpha value is -1.12. The number of halogens is 4. The minimum Gasteiger partial charge on any atom is -0.406 e. The van der Waals surface area contributed by atoms with Gasteiger partial charge in [-0.3, -0.25) is 0 Å². The molecule has 102 valence electrons. The molecule has 1 N–H and O–H groups in total. The van der Waals surface area contributed by atoms with E-state index in [0.29, 0.717) is 15.2 Å². The lowest BCUT2D eigenvalue weighted by Gasteiger charge is -2.11. The van der Waals surface area contributed by atoms with E-state index in [2.05, 4.69) is 25.7 Å². The van der Waals surface area contributed by atoms with Crippen molar-refractivity contribution >= 4 is 27.3 Å². The van der Waals surface area contributed by atoms with Crippen LogP contribution in [0.3, 0.4) is 0 Å². The fraction of sp³-hybridized carbons (Fsp3) is 0.182. The minimum absolute atomic E-state index is 0.330. The topological polar surface area (TPSA) is 42.4 Å². The Kier molecular flexibility index (Phi) is 4.12. The van der Waals surface area contributed by atoms with Crippen LogP contribution in [0.4, 0.5) is 13.2 Å². The number of thiazole rings is 1. The zero-order valence-corrected chi connectivity index (χ0v) is 11.6. The van der Waals surface area contributed by atoms with Crippen molar-refractivity contribution in [3.05, 3.63) is 44.8 Å². The smallest absolute Gasteiger partial charge is 0.406 e. The molecule has 1 aromatic heterocycles. The van der Waals surface area contributed by atoms with Gasteiger partial charge in [-0.1, -0.05) is 12.1 Å². The van der Waals surface area contributed by atoms with Crippen molar-refractivity contribution in [3.8, 4) is 5.75 Å². The van der Waals surface area contributed by atoms with Crippen molar-refractivity contribution in [1.29, 1.82) is 0 Å². The van der Waals surface area contributed by atoms with Crippen LogP contribution < -0.4 is 4.74 Å². The minimum atomic E-state index is -4.72. The Morgan fingerprint density at radius 2 is 1.89 bits per heavy atom. The maximum atomic E-state index is 12.0. The largest absolute Gasteiger partial charge is 0.573 e. The first-order chi connectivity index (χ1) is 8.85. The van der Waals surface area contributed by atoms with Crippen molar-refractivity contribution in [2.75, 3.05) is 0 Å². The number of hydrogen-bond acceptors (Lipinski definition) is 4. The van der Waals surface area contributed by atoms with Gasteiger partial charge in [-0.05, 0) is 33.6 Å². The molecule has 0 fully saturated rings. The van der Waals surface area contributed by atoms with Crippen LogP contribution >= 0.6 is 27.3 Å². The van der Waals surface area contributed by atoms with E-state index >= 15 is 0 Å². The van der Waals surface area contributed by atoms with Crippen molar-refractivity contribution in [2.45, 2.75) is 12.5 Å². The lowest BCUT2D eigenvalue weighted by atomic mass is 10.1. The second-order valence-corrected chi connectivity index (χ2v) is 5.23. The predicted octanol–water partition coefficient (Wildman–Crippen LogP) is 3.89. The molecule has 1 aromatic carbocycles. The van der Waals surface area contributed by atoms with Gasteiger partial charge in [0.25, 0.3) is 0 Å². The van der Waals surface area contributed by atoms with Crippen molar-refractivity contribution in [3.63, 3.8) is 0 Å². The molecule has 0 bridgehead atoms. The van der Waals surface area contributed by atoms with Crippen LogP contribution in [0.5, 0.6) is 5.75 Å². The molecule has 19 heavy (non-hydrogen) atoms. The molecular formula is C11H7BrF3NO2S. The number of aromatic nitrogens is 1. The Labute approximate surface area is 118 Å². The molecule has 0 aliphatic rings. The number of ether oxygens (including phenoxy) is 1. The molecule has 0 amide bonds. The molecule has 0 saturated heterocycles. The lowest BCUT2D eigenvalue weighted by Crippen LogP contribution is -2.17. The highest BCUT2D eigenvalue weighted by Gasteiger charge is 2.31. The summed E-state index contributed by atoms with van der Waals surface area (Å²) in [6, 6.07) is 5.02. The van der Waals surface area contributed by atoms with Gasteiger partial charge in [0.15, 0.2) is 0 Å². The number of rotatable bonds is 3. The summed E-state index contributed by atoms with van der Waals surface area (Å²) in [5.41, 5.74) is 0.441. The van der Waals surface area contributed by atoms with Gasteiger partial charge < -0.3 is 9.84 Å². The number of aliphatic hydroxyl groups is 1. The van der Waals surface area contributed by atoms with Crippen LogP contribution in [0.1, 0.15) is 16.7 Å². The van der Waals surface area contributed by atoms with Gasteiger partial charge in [-0.15, -0.1) is 24.5 Å². The van der Waals surface area contributed by atoms with E-state index in [0.717, 1.165) is 12.1 Å². The number of aliphatic hydroxyl groups excluding tert-OH is 1. The molecule has 3 nitrogen and oxygen atoms in total. The SMILES string of the molecule is OC(c1ccc(OC(F)(F)F)cc1)c1nc(Br)cs1. The standard InChI is InChI=1S/C11H7BrF3NO2S/c12-8-5-19-10(16-8)9(17)6-1-3-7(4-2-6)18-11(13,14)15/h1-5,9,17H. The number of hydrogen-bond donors (Lipinski definition) is 1. The van der Waals surface area contributed by atoms with E-state index in [1.54, 1.807) is 5.38 Å². The summed E-state index contributed by atoms with van der Waals surface area (Å²) in [6.07, 6.45) is -5.70. The van der Waals surface area contributed by atoms with Crippen LogP contribution in [-0.2, 0) is 0 Å². The number of benzene rings is 1. The summed E-state index contributed by atoms with van der Waals surface area (Å²) in [6.45, 7) is 0. The van der Waals surface area contributed by atoms with E-state index in [-0.39, 0.29) is 5.75 Å². The van der Waals surface area contributed by atoms with E-state index in [9.17, 15) is 18.3 Å². The summed E-state index contributed by atoms with van der Waals surface area (Å²) in [5, 5.41) is 12.2. The normalized spacial score (nSPS) is 13.3. The lowest BCUT2D eigenvalue weighted by molar-refractivity contribution is -0.274. The first-order valence-corrected chi connectivity index (χ1v) is 6.67. The van der Waals surface area contributed by atoms with E-state index in [1.807, 2.05) is 0 Å². The van der Waals surface area contributed by atoms with Gasteiger partial charge in [-0.25, -0.2) is 4.98 Å². The first-order valence-electron chi connectivity index (χ1n) is 5.00. The quantitative estimate of drug-likeness (QED) is 0.910. The van der Waals surface area contributed by atoms with Crippen molar-refractivity contribution < 1.29 is 23.0 Å². The fourth-order valence-electron chi connectivity index (χ4n) is 1.39. The van der Waals surface area contributed by atoms with Crippen molar-refractivity contribution in [2.24, 2.45) is 0 Å². The van der Waals surface area contributed by atoms with Gasteiger partial charge in [0.1, 0.15) is 21.5 Å². The molecule has 0 spiro atoms. The molecule has 8 heteroatoms. The summed E-state index contributed by atoms with van der Waals surface area (Å²) in [5.74, 6) is -0.330. The van der Waals surface area contributed by atoms with Gasteiger partial charge in [-0.2, -0.15) is 0 Å². The third-order valence-electron chi connectivity index (χ3n) is 2.16. The van der Waals surface area contributed by atoms with Gasteiger partial charge in [0, 0.05) is 5.38 Å². The Morgan fingerprint density at radius 3 is 2.37 bits per heavy atom. The zero-order chi connectivity index (χ0) is 14.0. The van der Waals surface area contributed by atoms with Gasteiger partial charge in [0.2, 0.25) is 0 Å². The van der Waals surface area contributed by atoms with E-state index in [1.165, 1.54) is 23.5 Å². The van der Waals surface area contributed by atoms with Crippen LogP contribution in [0.2, 0.25) is 0 Å². The van der Waals surface area contributed by atoms with Crippen LogP contribution in [-0.4, -0.2) is 16.5 Å². The zero-order valence-electron chi connectivity index (χ0n) is 9.19. The van der Waals surface area contributed by atoms with Crippen molar-refractivity contribution in [1.82, 2.24) is 4.98 Å². The third kappa shape index (κ3) is 3.92. The Balaban J connectivity index is 2.14. The summed E-state index contributed by atoms with van der Waals surface area (Å²) in [4.78, 5) is 4.04.